The van der Waals surface area contributed by atoms with Crippen LogP contribution < -0.4 is 5.32 Å². The van der Waals surface area contributed by atoms with Crippen molar-refractivity contribution >= 4 is 22.6 Å². The first-order valence-electron chi connectivity index (χ1n) is 5.97. The first kappa shape index (κ1) is 15.0. The molecule has 0 heterocycles. The maximum absolute atomic E-state index is 13.4. The molecule has 106 valence electrons. The summed E-state index contributed by atoms with van der Waals surface area (Å²) in [7, 11) is 0. The Morgan fingerprint density at radius 2 is 1.86 bits per heavy atom. The highest BCUT2D eigenvalue weighted by Crippen LogP contribution is 2.31. The van der Waals surface area contributed by atoms with Crippen molar-refractivity contribution in [3.63, 3.8) is 0 Å². The van der Waals surface area contributed by atoms with Gasteiger partial charge < -0.3 is 0 Å². The van der Waals surface area contributed by atoms with E-state index in [4.69, 9.17) is 5.26 Å². The van der Waals surface area contributed by atoms with Crippen LogP contribution in [-0.2, 0) is 0 Å². The standard InChI is InChI=1S/C15H11F2N3S/c1-21-15(19-9-18)20-14-5-3-2-4-13(14)10-6-11(16)8-12(17)7-10/h2-8H,1H3,(H,19,20). The molecule has 3 nitrogen and oxygen atoms in total. The number of para-hydroxylation sites is 1. The first-order chi connectivity index (χ1) is 10.1. The summed E-state index contributed by atoms with van der Waals surface area (Å²) in [6, 6.07) is 10.3. The summed E-state index contributed by atoms with van der Waals surface area (Å²) < 4.78 is 26.7. The Bertz CT molecular complexity index is 703. The zero-order chi connectivity index (χ0) is 15.2. The third kappa shape index (κ3) is 3.80. The topological polar surface area (TPSA) is 48.2 Å². The molecular formula is C15H11F2N3S. The second-order valence-electron chi connectivity index (χ2n) is 4.03. The van der Waals surface area contributed by atoms with E-state index in [0.29, 0.717) is 22.0 Å². The number of amidine groups is 1. The van der Waals surface area contributed by atoms with Gasteiger partial charge in [0, 0.05) is 11.6 Å². The fraction of sp³-hybridized carbons (Fsp3) is 0.0667. The zero-order valence-corrected chi connectivity index (χ0v) is 11.9. The molecule has 0 amide bonds. The maximum atomic E-state index is 13.4. The normalized spacial score (nSPS) is 11.0. The van der Waals surface area contributed by atoms with Crippen LogP contribution in [0.1, 0.15) is 0 Å². The van der Waals surface area contributed by atoms with Crippen molar-refractivity contribution in [2.75, 3.05) is 6.26 Å². The minimum absolute atomic E-state index is 0.393. The highest BCUT2D eigenvalue weighted by molar-refractivity contribution is 8.13. The summed E-state index contributed by atoms with van der Waals surface area (Å²) in [5.74, 6) is -1.30. The maximum Gasteiger partial charge on any atom is 0.183 e. The van der Waals surface area contributed by atoms with Gasteiger partial charge in [-0.25, -0.2) is 13.8 Å². The first-order valence-corrected chi connectivity index (χ1v) is 7.20. The second kappa shape index (κ2) is 6.86. The van der Waals surface area contributed by atoms with Gasteiger partial charge >= 0.3 is 0 Å². The predicted molar refractivity (Wildman–Crippen MR) is 81.2 cm³/mol. The molecule has 2 aromatic carbocycles. The van der Waals surface area contributed by atoms with E-state index >= 15 is 0 Å². The summed E-state index contributed by atoms with van der Waals surface area (Å²) in [4.78, 5) is 4.30. The van der Waals surface area contributed by atoms with Crippen molar-refractivity contribution in [2.45, 2.75) is 0 Å². The molecule has 0 saturated carbocycles. The monoisotopic (exact) mass is 303 g/mol. The number of aliphatic imine (C=N–C) groups is 1. The third-order valence-corrected chi connectivity index (χ3v) is 3.24. The van der Waals surface area contributed by atoms with E-state index in [1.165, 1.54) is 23.9 Å². The van der Waals surface area contributed by atoms with Gasteiger partial charge in [0.1, 0.15) is 11.6 Å². The smallest absolute Gasteiger partial charge is 0.183 e. The molecule has 1 N–H and O–H groups in total. The quantitative estimate of drug-likeness (QED) is 0.394. The Balaban J connectivity index is 2.53. The molecule has 0 unspecified atom stereocenters. The number of halogens is 2. The molecule has 0 bridgehead atoms. The molecule has 0 aliphatic heterocycles. The molecule has 0 saturated heterocycles. The predicted octanol–water partition coefficient (Wildman–Crippen LogP) is 4.05. The molecule has 2 aromatic rings. The largest absolute Gasteiger partial charge is 0.271 e. The van der Waals surface area contributed by atoms with Gasteiger partial charge in [0.25, 0.3) is 0 Å². The van der Waals surface area contributed by atoms with E-state index in [9.17, 15) is 8.78 Å². The van der Waals surface area contributed by atoms with Gasteiger partial charge in [-0.3, -0.25) is 5.32 Å². The van der Waals surface area contributed by atoms with Crippen molar-refractivity contribution < 1.29 is 8.78 Å². The number of hydrogen-bond donors (Lipinski definition) is 1. The molecule has 21 heavy (non-hydrogen) atoms. The van der Waals surface area contributed by atoms with Crippen molar-refractivity contribution in [2.24, 2.45) is 4.99 Å². The van der Waals surface area contributed by atoms with E-state index in [1.54, 1.807) is 36.7 Å². The number of thioether (sulfide) groups is 1. The third-order valence-electron chi connectivity index (χ3n) is 2.66. The Labute approximate surface area is 125 Å². The number of hydrogen-bond acceptors (Lipinski definition) is 3. The lowest BCUT2D eigenvalue weighted by Crippen LogP contribution is -2.12. The molecule has 2 rings (SSSR count). The van der Waals surface area contributed by atoms with Crippen molar-refractivity contribution in [1.82, 2.24) is 5.32 Å². The van der Waals surface area contributed by atoms with Crippen LogP contribution in [0.4, 0.5) is 14.5 Å². The average Bonchev–Trinajstić information content (AvgIpc) is 2.46. The van der Waals surface area contributed by atoms with E-state index < -0.39 is 11.6 Å². The van der Waals surface area contributed by atoms with E-state index in [2.05, 4.69) is 10.3 Å². The molecule has 0 radical (unpaired) electrons. The number of nitrogens with zero attached hydrogens (tertiary/aromatic N) is 2. The Kier molecular flexibility index (Phi) is 4.90. The van der Waals surface area contributed by atoms with Crippen LogP contribution in [0.5, 0.6) is 0 Å². The van der Waals surface area contributed by atoms with E-state index in [0.717, 1.165) is 6.07 Å². The highest BCUT2D eigenvalue weighted by Gasteiger charge is 2.08. The van der Waals surface area contributed by atoms with Crippen LogP contribution in [0.3, 0.4) is 0 Å². The lowest BCUT2D eigenvalue weighted by Gasteiger charge is -2.08. The average molecular weight is 303 g/mol. The molecule has 0 aromatic heterocycles. The Hall–Kier alpha value is -2.39. The fourth-order valence-corrected chi connectivity index (χ4v) is 2.14. The molecule has 0 aliphatic carbocycles. The van der Waals surface area contributed by atoms with Crippen LogP contribution >= 0.6 is 11.8 Å². The minimum Gasteiger partial charge on any atom is -0.271 e. The summed E-state index contributed by atoms with van der Waals surface area (Å²) in [6.45, 7) is 0. The molecule has 0 aliphatic rings. The summed E-state index contributed by atoms with van der Waals surface area (Å²) >= 11 is 1.27. The van der Waals surface area contributed by atoms with Gasteiger partial charge in [-0.2, -0.15) is 5.26 Å². The summed E-state index contributed by atoms with van der Waals surface area (Å²) in [6.07, 6.45) is 3.57. The molecule has 6 heteroatoms. The Morgan fingerprint density at radius 1 is 1.19 bits per heavy atom. The van der Waals surface area contributed by atoms with E-state index in [1.807, 2.05) is 0 Å². The van der Waals surface area contributed by atoms with E-state index in [-0.39, 0.29) is 0 Å². The van der Waals surface area contributed by atoms with Crippen LogP contribution in [0.25, 0.3) is 11.1 Å². The zero-order valence-electron chi connectivity index (χ0n) is 11.1. The molecule has 0 fully saturated rings. The number of rotatable bonds is 2. The second-order valence-corrected chi connectivity index (χ2v) is 4.83. The minimum atomic E-state index is -0.649. The molecular weight excluding hydrogens is 292 g/mol. The number of benzene rings is 2. The number of nitrogens with one attached hydrogen (secondary N) is 1. The SMILES string of the molecule is CSC(=Nc1ccccc1-c1cc(F)cc(F)c1)NC#N. The van der Waals surface area contributed by atoms with Crippen LogP contribution in [0.15, 0.2) is 47.5 Å². The van der Waals surface area contributed by atoms with Gasteiger partial charge in [0.15, 0.2) is 11.4 Å². The van der Waals surface area contributed by atoms with Crippen LogP contribution in [0.2, 0.25) is 0 Å². The Morgan fingerprint density at radius 3 is 2.48 bits per heavy atom. The van der Waals surface area contributed by atoms with Gasteiger partial charge in [-0.15, -0.1) is 0 Å². The van der Waals surface area contributed by atoms with Gasteiger partial charge in [0.05, 0.1) is 5.69 Å². The summed E-state index contributed by atoms with van der Waals surface area (Å²) in [5.41, 5.74) is 1.50. The summed E-state index contributed by atoms with van der Waals surface area (Å²) in [5, 5.41) is 11.5. The van der Waals surface area contributed by atoms with Gasteiger partial charge in [-0.1, -0.05) is 30.0 Å². The van der Waals surface area contributed by atoms with Crippen molar-refractivity contribution in [3.8, 4) is 17.3 Å². The molecule has 0 spiro atoms. The van der Waals surface area contributed by atoms with Gasteiger partial charge in [-0.05, 0) is 30.0 Å². The van der Waals surface area contributed by atoms with Crippen LogP contribution in [-0.4, -0.2) is 11.4 Å². The van der Waals surface area contributed by atoms with Crippen molar-refractivity contribution in [3.05, 3.63) is 54.1 Å². The van der Waals surface area contributed by atoms with Gasteiger partial charge in [0.2, 0.25) is 0 Å². The lowest BCUT2D eigenvalue weighted by molar-refractivity contribution is 0.584. The number of nitriles is 1. The van der Waals surface area contributed by atoms with Crippen LogP contribution in [0, 0.1) is 23.1 Å². The van der Waals surface area contributed by atoms with Crippen molar-refractivity contribution in [1.29, 1.82) is 5.26 Å². The highest BCUT2D eigenvalue weighted by atomic mass is 32.2. The molecule has 0 atom stereocenters. The fourth-order valence-electron chi connectivity index (χ4n) is 1.81. The lowest BCUT2D eigenvalue weighted by atomic mass is 10.0.